The Morgan fingerprint density at radius 2 is 1.95 bits per heavy atom. The first-order chi connectivity index (χ1) is 18.0. The molecular weight excluding hydrogens is 462 g/mol. The van der Waals surface area contributed by atoms with Crippen LogP contribution in [0.5, 0.6) is 5.75 Å². The van der Waals surface area contributed by atoms with E-state index in [-0.39, 0.29) is 11.9 Å². The number of ether oxygens (including phenoxy) is 1. The Balaban J connectivity index is 1.37. The van der Waals surface area contributed by atoms with Crippen molar-refractivity contribution in [3.8, 4) is 16.9 Å². The monoisotopic (exact) mass is 501 g/mol. The van der Waals surface area contributed by atoms with Crippen LogP contribution in [0.2, 0.25) is 0 Å². The minimum absolute atomic E-state index is 0.210. The summed E-state index contributed by atoms with van der Waals surface area (Å²) in [5.41, 5.74) is 2.89. The summed E-state index contributed by atoms with van der Waals surface area (Å²) in [5, 5.41) is 4.41. The van der Waals surface area contributed by atoms with E-state index in [2.05, 4.69) is 58.2 Å². The van der Waals surface area contributed by atoms with Gasteiger partial charge in [0, 0.05) is 29.6 Å². The molecule has 2 aliphatic rings. The van der Waals surface area contributed by atoms with Crippen molar-refractivity contribution in [1.29, 1.82) is 0 Å². The van der Waals surface area contributed by atoms with Gasteiger partial charge in [-0.1, -0.05) is 37.6 Å². The van der Waals surface area contributed by atoms with Gasteiger partial charge in [-0.15, -0.1) is 0 Å². The second kappa shape index (κ2) is 11.1. The third-order valence-electron chi connectivity index (χ3n) is 8.31. The molecule has 37 heavy (non-hydrogen) atoms. The number of likely N-dealkylation sites (tertiary alicyclic amines) is 1. The van der Waals surface area contributed by atoms with E-state index in [0.717, 1.165) is 60.0 Å². The molecule has 7 nitrogen and oxygen atoms in total. The number of fused-ring (bicyclic) bond motifs is 1. The molecule has 3 aromatic rings. The molecular formula is C30H39N5O2. The molecule has 7 heteroatoms. The van der Waals surface area contributed by atoms with Crippen LogP contribution < -0.4 is 10.1 Å². The summed E-state index contributed by atoms with van der Waals surface area (Å²) in [4.78, 5) is 27.2. The molecule has 1 amide bonds. The second-order valence-electron chi connectivity index (χ2n) is 10.7. The molecule has 1 saturated carbocycles. The standard InChI is InChI=1S/C30H39N5O2/c1-5-8-21-17-22(34(2)3)12-14-27(21)35-16-15-26(30(35)36)33-29-24-18-20(11-13-25(24)31-19-32-29)23-9-6-7-10-28(23)37-4/h6-7,9-11,13,18-19,21-22,26-27H,5,8,12,14-17H2,1-4H3,(H,31,32,33)/t21-,22-,26+,27+/m1/s1. The Morgan fingerprint density at radius 3 is 2.73 bits per heavy atom. The Hall–Kier alpha value is -3.19. The first-order valence-corrected chi connectivity index (χ1v) is 13.6. The number of aromatic nitrogens is 2. The van der Waals surface area contributed by atoms with Crippen molar-refractivity contribution in [2.45, 2.75) is 63.6 Å². The van der Waals surface area contributed by atoms with Gasteiger partial charge in [0.05, 0.1) is 12.6 Å². The number of para-hydroxylation sites is 1. The number of anilines is 1. The fourth-order valence-electron chi connectivity index (χ4n) is 6.34. The van der Waals surface area contributed by atoms with E-state index in [9.17, 15) is 4.79 Å². The Bertz CT molecular complexity index is 1250. The fourth-order valence-corrected chi connectivity index (χ4v) is 6.34. The molecule has 2 aromatic carbocycles. The molecule has 1 aromatic heterocycles. The van der Waals surface area contributed by atoms with Crippen LogP contribution in [0.15, 0.2) is 48.8 Å². The molecule has 1 aliphatic carbocycles. The third-order valence-corrected chi connectivity index (χ3v) is 8.31. The van der Waals surface area contributed by atoms with Gasteiger partial charge in [0.2, 0.25) is 5.91 Å². The largest absolute Gasteiger partial charge is 0.496 e. The highest BCUT2D eigenvalue weighted by Gasteiger charge is 2.41. The van der Waals surface area contributed by atoms with Crippen LogP contribution in [0.4, 0.5) is 5.82 Å². The maximum absolute atomic E-state index is 13.7. The van der Waals surface area contributed by atoms with Crippen molar-refractivity contribution < 1.29 is 9.53 Å². The van der Waals surface area contributed by atoms with Gasteiger partial charge in [0.25, 0.3) is 0 Å². The molecule has 0 radical (unpaired) electrons. The highest BCUT2D eigenvalue weighted by Crippen LogP contribution is 2.37. The van der Waals surface area contributed by atoms with Gasteiger partial charge >= 0.3 is 0 Å². The Kier molecular flexibility index (Phi) is 7.60. The predicted molar refractivity (Wildman–Crippen MR) is 149 cm³/mol. The lowest BCUT2D eigenvalue weighted by Crippen LogP contribution is -2.49. The van der Waals surface area contributed by atoms with Crippen molar-refractivity contribution in [3.05, 3.63) is 48.8 Å². The minimum Gasteiger partial charge on any atom is -0.496 e. The average molecular weight is 502 g/mol. The quantitative estimate of drug-likeness (QED) is 0.457. The first kappa shape index (κ1) is 25.5. The summed E-state index contributed by atoms with van der Waals surface area (Å²) < 4.78 is 5.58. The molecule has 4 atom stereocenters. The van der Waals surface area contributed by atoms with Crippen molar-refractivity contribution in [1.82, 2.24) is 19.8 Å². The molecule has 1 saturated heterocycles. The highest BCUT2D eigenvalue weighted by atomic mass is 16.5. The maximum Gasteiger partial charge on any atom is 0.245 e. The molecule has 1 aliphatic heterocycles. The number of nitrogens with one attached hydrogen (secondary N) is 1. The first-order valence-electron chi connectivity index (χ1n) is 13.6. The number of carbonyl (C=O) groups excluding carboxylic acids is 1. The summed E-state index contributed by atoms with van der Waals surface area (Å²) in [7, 11) is 6.05. The zero-order chi connectivity index (χ0) is 25.9. The van der Waals surface area contributed by atoms with Gasteiger partial charge in [0.15, 0.2) is 0 Å². The van der Waals surface area contributed by atoms with Crippen LogP contribution in [0.25, 0.3) is 22.0 Å². The molecule has 1 N–H and O–H groups in total. The van der Waals surface area contributed by atoms with Gasteiger partial charge < -0.3 is 19.9 Å². The van der Waals surface area contributed by atoms with Crippen LogP contribution in [0, 0.1) is 5.92 Å². The minimum atomic E-state index is -0.262. The highest BCUT2D eigenvalue weighted by molar-refractivity contribution is 5.95. The van der Waals surface area contributed by atoms with E-state index >= 15 is 0 Å². The van der Waals surface area contributed by atoms with E-state index in [1.54, 1.807) is 13.4 Å². The van der Waals surface area contributed by atoms with E-state index in [1.807, 2.05) is 30.3 Å². The topological polar surface area (TPSA) is 70.6 Å². The molecule has 0 bridgehead atoms. The number of hydrogen-bond donors (Lipinski definition) is 1. The summed E-state index contributed by atoms with van der Waals surface area (Å²) in [5.74, 6) is 2.31. The maximum atomic E-state index is 13.7. The van der Waals surface area contributed by atoms with Crippen molar-refractivity contribution in [2.24, 2.45) is 5.92 Å². The fraction of sp³-hybridized carbons (Fsp3) is 0.500. The van der Waals surface area contributed by atoms with Crippen molar-refractivity contribution in [3.63, 3.8) is 0 Å². The number of methoxy groups -OCH3 is 1. The van der Waals surface area contributed by atoms with Gasteiger partial charge in [-0.05, 0) is 75.9 Å². The lowest BCUT2D eigenvalue weighted by Gasteiger charge is -2.43. The number of hydrogen-bond acceptors (Lipinski definition) is 6. The summed E-state index contributed by atoms with van der Waals surface area (Å²) in [6, 6.07) is 14.8. The van der Waals surface area contributed by atoms with E-state index < -0.39 is 0 Å². The van der Waals surface area contributed by atoms with Gasteiger partial charge in [-0.25, -0.2) is 9.97 Å². The molecule has 2 fully saturated rings. The molecule has 0 unspecified atom stereocenters. The predicted octanol–water partition coefficient (Wildman–Crippen LogP) is 5.22. The third kappa shape index (κ3) is 5.14. The van der Waals surface area contributed by atoms with Crippen molar-refractivity contribution >= 4 is 22.6 Å². The lowest BCUT2D eigenvalue weighted by atomic mass is 9.78. The SMILES string of the molecule is CCC[C@@H]1C[C@H](N(C)C)CC[C@@H]1N1CC[C@H](Nc2ncnc3ccc(-c4ccccc4OC)cc23)C1=O. The number of carbonyl (C=O) groups is 1. The Labute approximate surface area is 220 Å². The van der Waals surface area contributed by atoms with Gasteiger partial charge in [-0.3, -0.25) is 4.79 Å². The number of amides is 1. The lowest BCUT2D eigenvalue weighted by molar-refractivity contribution is -0.132. The molecule has 2 heterocycles. The smallest absolute Gasteiger partial charge is 0.245 e. The number of rotatable bonds is 8. The summed E-state index contributed by atoms with van der Waals surface area (Å²) in [6.07, 6.45) is 8.13. The zero-order valence-corrected chi connectivity index (χ0v) is 22.5. The van der Waals surface area contributed by atoms with Crippen LogP contribution in [0.3, 0.4) is 0 Å². The van der Waals surface area contributed by atoms with E-state index in [4.69, 9.17) is 4.74 Å². The average Bonchev–Trinajstić information content (AvgIpc) is 3.28. The molecule has 196 valence electrons. The van der Waals surface area contributed by atoms with Crippen LogP contribution >= 0.6 is 0 Å². The number of nitrogens with zero attached hydrogens (tertiary/aromatic N) is 4. The van der Waals surface area contributed by atoms with E-state index in [1.165, 1.54) is 12.8 Å². The van der Waals surface area contributed by atoms with E-state index in [0.29, 0.717) is 23.8 Å². The van der Waals surface area contributed by atoms with Crippen molar-refractivity contribution in [2.75, 3.05) is 33.1 Å². The Morgan fingerprint density at radius 1 is 1.11 bits per heavy atom. The second-order valence-corrected chi connectivity index (χ2v) is 10.7. The molecule has 0 spiro atoms. The van der Waals surface area contributed by atoms with Gasteiger partial charge in [-0.2, -0.15) is 0 Å². The number of benzene rings is 2. The van der Waals surface area contributed by atoms with Crippen LogP contribution in [-0.2, 0) is 4.79 Å². The van der Waals surface area contributed by atoms with Gasteiger partial charge in [0.1, 0.15) is 23.9 Å². The summed E-state index contributed by atoms with van der Waals surface area (Å²) >= 11 is 0. The zero-order valence-electron chi connectivity index (χ0n) is 22.5. The molecule has 5 rings (SSSR count). The normalized spacial score (nSPS) is 24.1. The summed E-state index contributed by atoms with van der Waals surface area (Å²) in [6.45, 7) is 3.06. The van der Waals surface area contributed by atoms with Crippen LogP contribution in [-0.4, -0.2) is 71.6 Å². The van der Waals surface area contributed by atoms with Crippen LogP contribution in [0.1, 0.15) is 45.4 Å².